The van der Waals surface area contributed by atoms with Crippen molar-refractivity contribution in [2.45, 2.75) is 57.2 Å². The highest BCUT2D eigenvalue weighted by Crippen LogP contribution is 2.42. The molecule has 0 bridgehead atoms. The largest absolute Gasteiger partial charge is 0.326 e. The molecule has 17 heavy (non-hydrogen) atoms. The zero-order valence-electron chi connectivity index (χ0n) is 11.0. The molecule has 1 aliphatic heterocycles. The lowest BCUT2D eigenvalue weighted by Crippen LogP contribution is -2.15. The number of nitrogens with two attached hydrogens (primary N) is 1. The summed E-state index contributed by atoms with van der Waals surface area (Å²) >= 11 is 3.90. The molecule has 0 amide bonds. The summed E-state index contributed by atoms with van der Waals surface area (Å²) < 4.78 is 0. The molecule has 2 rings (SSSR count). The minimum Gasteiger partial charge on any atom is -0.326 e. The van der Waals surface area contributed by atoms with Gasteiger partial charge in [0.25, 0.3) is 0 Å². The Bertz CT molecular complexity index is 373. The Kier molecular flexibility index (Phi) is 4.16. The first-order valence-electron chi connectivity index (χ1n) is 6.34. The first kappa shape index (κ1) is 13.4. The number of aromatic nitrogens is 1. The predicted molar refractivity (Wildman–Crippen MR) is 77.8 cm³/mol. The van der Waals surface area contributed by atoms with Gasteiger partial charge in [-0.15, -0.1) is 11.3 Å². The van der Waals surface area contributed by atoms with E-state index in [-0.39, 0.29) is 5.41 Å². The Balaban J connectivity index is 2.27. The summed E-state index contributed by atoms with van der Waals surface area (Å²) in [4.78, 5) is 6.17. The molecule has 1 fully saturated rings. The molecule has 2 N–H and O–H groups in total. The smallest absolute Gasteiger partial charge is 0.106 e. The summed E-state index contributed by atoms with van der Waals surface area (Å²) in [5, 5.41) is 1.93. The van der Waals surface area contributed by atoms with Crippen LogP contribution < -0.4 is 5.73 Å². The van der Waals surface area contributed by atoms with Crippen LogP contribution in [0.1, 0.15) is 60.9 Å². The van der Waals surface area contributed by atoms with Crippen LogP contribution in [0.25, 0.3) is 0 Å². The van der Waals surface area contributed by atoms with Gasteiger partial charge in [-0.1, -0.05) is 27.2 Å². The third-order valence-electron chi connectivity index (χ3n) is 3.06. The van der Waals surface area contributed by atoms with Crippen molar-refractivity contribution in [2.24, 2.45) is 5.73 Å². The van der Waals surface area contributed by atoms with Crippen molar-refractivity contribution in [3.8, 4) is 0 Å². The van der Waals surface area contributed by atoms with Gasteiger partial charge in [0.05, 0.1) is 10.9 Å². The number of hydrogen-bond donors (Lipinski definition) is 1. The minimum atomic E-state index is 0.114. The minimum absolute atomic E-state index is 0.114. The van der Waals surface area contributed by atoms with Gasteiger partial charge in [-0.05, 0) is 18.6 Å². The molecular formula is C13H22N2S2. The zero-order valence-corrected chi connectivity index (χ0v) is 12.6. The average molecular weight is 270 g/mol. The number of hydrogen-bond acceptors (Lipinski definition) is 4. The molecule has 0 aromatic carbocycles. The van der Waals surface area contributed by atoms with Crippen LogP contribution in [0.2, 0.25) is 0 Å². The van der Waals surface area contributed by atoms with E-state index in [4.69, 9.17) is 10.7 Å². The Morgan fingerprint density at radius 3 is 2.59 bits per heavy atom. The first-order valence-corrected chi connectivity index (χ1v) is 8.20. The van der Waals surface area contributed by atoms with Gasteiger partial charge in [0.15, 0.2) is 0 Å². The van der Waals surface area contributed by atoms with Crippen molar-refractivity contribution in [2.75, 3.05) is 5.75 Å². The maximum atomic E-state index is 5.85. The highest BCUT2D eigenvalue weighted by Gasteiger charge is 2.26. The van der Waals surface area contributed by atoms with Crippen molar-refractivity contribution in [3.05, 3.63) is 15.6 Å². The average Bonchev–Trinajstić information content (AvgIpc) is 2.74. The van der Waals surface area contributed by atoms with Crippen molar-refractivity contribution < 1.29 is 0 Å². The molecule has 4 heteroatoms. The summed E-state index contributed by atoms with van der Waals surface area (Å²) in [5.41, 5.74) is 7.18. The number of thioether (sulfide) groups is 1. The Morgan fingerprint density at radius 2 is 2.12 bits per heavy atom. The molecule has 1 unspecified atom stereocenters. The fourth-order valence-electron chi connectivity index (χ4n) is 2.17. The van der Waals surface area contributed by atoms with Crippen LogP contribution >= 0.6 is 23.1 Å². The lowest BCUT2D eigenvalue weighted by atomic mass is 9.91. The second-order valence-electron chi connectivity index (χ2n) is 5.63. The second kappa shape index (κ2) is 5.29. The van der Waals surface area contributed by atoms with Crippen molar-refractivity contribution in [3.63, 3.8) is 0 Å². The van der Waals surface area contributed by atoms with E-state index in [9.17, 15) is 0 Å². The topological polar surface area (TPSA) is 38.9 Å². The van der Waals surface area contributed by atoms with E-state index in [1.165, 1.54) is 40.6 Å². The summed E-state index contributed by atoms with van der Waals surface area (Å²) in [6.07, 6.45) is 3.99. The first-order chi connectivity index (χ1) is 8.02. The lowest BCUT2D eigenvalue weighted by molar-refractivity contribution is 0.562. The summed E-state index contributed by atoms with van der Waals surface area (Å²) in [6, 6.07) is 0. The van der Waals surface area contributed by atoms with E-state index in [2.05, 4.69) is 32.5 Å². The summed E-state index contributed by atoms with van der Waals surface area (Å²) in [5.74, 6) is 1.28. The monoisotopic (exact) mass is 270 g/mol. The van der Waals surface area contributed by atoms with Crippen LogP contribution in [0.15, 0.2) is 0 Å². The lowest BCUT2D eigenvalue weighted by Gasteiger charge is -2.19. The summed E-state index contributed by atoms with van der Waals surface area (Å²) in [7, 11) is 0. The normalized spacial score (nSPS) is 21.8. The molecule has 1 aliphatic rings. The molecule has 1 atom stereocenters. The number of thiazole rings is 1. The van der Waals surface area contributed by atoms with Crippen molar-refractivity contribution in [1.82, 2.24) is 4.98 Å². The predicted octanol–water partition coefficient (Wildman–Crippen LogP) is 3.86. The molecule has 0 aliphatic carbocycles. The maximum Gasteiger partial charge on any atom is 0.106 e. The fraction of sp³-hybridized carbons (Fsp3) is 0.769. The molecule has 1 saturated heterocycles. The van der Waals surface area contributed by atoms with Crippen LogP contribution in [-0.2, 0) is 12.0 Å². The third kappa shape index (κ3) is 3.04. The standard InChI is InChI=1S/C13H22N2S2/c1-13(2,3)11-10(8-14)17-12(15-11)9-6-4-5-7-16-9/h9H,4-8,14H2,1-3H3. The third-order valence-corrected chi connectivity index (χ3v) is 5.79. The van der Waals surface area contributed by atoms with E-state index in [1.807, 2.05) is 11.3 Å². The van der Waals surface area contributed by atoms with Gasteiger partial charge in [0.2, 0.25) is 0 Å². The maximum absolute atomic E-state index is 5.85. The fourth-order valence-corrected chi connectivity index (χ4v) is 4.87. The molecular weight excluding hydrogens is 248 g/mol. The highest BCUT2D eigenvalue weighted by atomic mass is 32.2. The van der Waals surface area contributed by atoms with Crippen molar-refractivity contribution >= 4 is 23.1 Å². The van der Waals surface area contributed by atoms with Gasteiger partial charge in [-0.25, -0.2) is 4.98 Å². The molecule has 0 spiro atoms. The van der Waals surface area contributed by atoms with Gasteiger partial charge < -0.3 is 5.73 Å². The number of rotatable bonds is 2. The van der Waals surface area contributed by atoms with Crippen LogP contribution in [0, 0.1) is 0 Å². The van der Waals surface area contributed by atoms with E-state index in [0.717, 1.165) is 0 Å². The summed E-state index contributed by atoms with van der Waals surface area (Å²) in [6.45, 7) is 7.29. The molecule has 2 nitrogen and oxygen atoms in total. The van der Waals surface area contributed by atoms with Gasteiger partial charge in [-0.2, -0.15) is 11.8 Å². The Labute approximate surface area is 112 Å². The van der Waals surface area contributed by atoms with Gasteiger partial charge in [0, 0.05) is 16.8 Å². The van der Waals surface area contributed by atoms with Gasteiger partial charge >= 0.3 is 0 Å². The van der Waals surface area contributed by atoms with E-state index < -0.39 is 0 Å². The second-order valence-corrected chi connectivity index (χ2v) is 8.06. The molecule has 1 aromatic rings. The molecule has 0 saturated carbocycles. The Morgan fingerprint density at radius 1 is 1.35 bits per heavy atom. The highest BCUT2D eigenvalue weighted by molar-refractivity contribution is 7.99. The van der Waals surface area contributed by atoms with Gasteiger partial charge in [-0.3, -0.25) is 0 Å². The van der Waals surface area contributed by atoms with Gasteiger partial charge in [0.1, 0.15) is 5.01 Å². The van der Waals surface area contributed by atoms with E-state index >= 15 is 0 Å². The van der Waals surface area contributed by atoms with E-state index in [1.54, 1.807) is 0 Å². The molecule has 1 aromatic heterocycles. The zero-order chi connectivity index (χ0) is 12.5. The SMILES string of the molecule is CC(C)(C)c1nc(C2CCCCS2)sc1CN. The van der Waals surface area contributed by atoms with Crippen LogP contribution in [0.5, 0.6) is 0 Å². The van der Waals surface area contributed by atoms with Crippen LogP contribution in [0.3, 0.4) is 0 Å². The number of nitrogens with zero attached hydrogens (tertiary/aromatic N) is 1. The van der Waals surface area contributed by atoms with Crippen LogP contribution in [-0.4, -0.2) is 10.7 Å². The molecule has 0 radical (unpaired) electrons. The Hall–Kier alpha value is -0.0600. The molecule has 96 valence electrons. The quantitative estimate of drug-likeness (QED) is 0.887. The molecule has 2 heterocycles. The van der Waals surface area contributed by atoms with Crippen molar-refractivity contribution in [1.29, 1.82) is 0 Å². The van der Waals surface area contributed by atoms with E-state index in [0.29, 0.717) is 11.8 Å². The van der Waals surface area contributed by atoms with Crippen LogP contribution in [0.4, 0.5) is 0 Å².